The van der Waals surface area contributed by atoms with Gasteiger partial charge in [0.25, 0.3) is 0 Å². The van der Waals surface area contributed by atoms with Gasteiger partial charge in [-0.25, -0.2) is 4.79 Å². The Hall–Kier alpha value is -2.04. The molecule has 1 aromatic carbocycles. The molecular weight excluding hydrogens is 282 g/mol. The summed E-state index contributed by atoms with van der Waals surface area (Å²) in [5.74, 6) is 0.785. The summed E-state index contributed by atoms with van der Waals surface area (Å²) in [7, 11) is 3.17. The van der Waals surface area contributed by atoms with Gasteiger partial charge in [-0.15, -0.1) is 0 Å². The Labute approximate surface area is 132 Å². The number of hydrogen-bond acceptors (Lipinski definition) is 4. The molecule has 0 bridgehead atoms. The van der Waals surface area contributed by atoms with Crippen molar-refractivity contribution in [3.05, 3.63) is 28.8 Å². The number of carbonyl (C=O) groups is 2. The van der Waals surface area contributed by atoms with Crippen molar-refractivity contribution in [3.63, 3.8) is 0 Å². The van der Waals surface area contributed by atoms with Crippen molar-refractivity contribution in [1.29, 1.82) is 0 Å². The van der Waals surface area contributed by atoms with Crippen LogP contribution < -0.4 is 4.74 Å². The predicted octanol–water partition coefficient (Wildman–Crippen LogP) is 3.42. The molecule has 1 rings (SSSR count). The molecule has 0 aliphatic rings. The lowest BCUT2D eigenvalue weighted by Gasteiger charge is -2.28. The second-order valence-corrected chi connectivity index (χ2v) is 6.36. The minimum atomic E-state index is -0.696. The molecule has 0 aliphatic carbocycles. The number of nitrogens with zero attached hydrogens (tertiary/aromatic N) is 1. The largest absolute Gasteiger partial charge is 0.496 e. The molecule has 1 atom stereocenters. The van der Waals surface area contributed by atoms with Crippen LogP contribution in [-0.4, -0.2) is 37.0 Å². The summed E-state index contributed by atoms with van der Waals surface area (Å²) in [6, 6.07) is 3.01. The molecule has 1 aromatic rings. The van der Waals surface area contributed by atoms with Crippen LogP contribution in [0.5, 0.6) is 5.75 Å². The van der Waals surface area contributed by atoms with E-state index < -0.39 is 17.7 Å². The molecule has 0 heterocycles. The molecule has 5 heteroatoms. The molecule has 22 heavy (non-hydrogen) atoms. The molecular formula is C17H25NO4. The average molecular weight is 307 g/mol. The molecule has 0 aliphatic heterocycles. The summed E-state index contributed by atoms with van der Waals surface area (Å²) in [4.78, 5) is 25.0. The smallest absolute Gasteiger partial charge is 0.410 e. The van der Waals surface area contributed by atoms with Crippen molar-refractivity contribution in [2.45, 2.75) is 46.3 Å². The number of aryl methyl sites for hydroxylation is 2. The second kappa shape index (κ2) is 6.81. The standard InChI is InChI=1S/C17H25NO4/c1-11-8-13(9-12(2)15(11)21-7)14(10-19)18(6)16(20)22-17(3,4)5/h8-10,14H,1-7H3. The number of amides is 1. The molecule has 1 amide bonds. The van der Waals surface area contributed by atoms with Crippen LogP contribution in [0.1, 0.15) is 43.5 Å². The maximum absolute atomic E-state index is 12.1. The second-order valence-electron chi connectivity index (χ2n) is 6.36. The molecule has 0 N–H and O–H groups in total. The average Bonchev–Trinajstić information content (AvgIpc) is 2.37. The molecule has 0 spiro atoms. The van der Waals surface area contributed by atoms with Crippen LogP contribution in [0.15, 0.2) is 12.1 Å². The summed E-state index contributed by atoms with van der Waals surface area (Å²) in [5.41, 5.74) is 1.97. The number of benzene rings is 1. The van der Waals surface area contributed by atoms with Gasteiger partial charge in [0.15, 0.2) is 0 Å². The lowest BCUT2D eigenvalue weighted by molar-refractivity contribution is -0.112. The van der Waals surface area contributed by atoms with Crippen LogP contribution in [0.3, 0.4) is 0 Å². The first kappa shape index (κ1) is 18.0. The zero-order valence-corrected chi connectivity index (χ0v) is 14.4. The molecule has 0 fully saturated rings. The van der Waals surface area contributed by atoms with E-state index in [1.54, 1.807) is 34.9 Å². The molecule has 1 unspecified atom stereocenters. The molecule has 5 nitrogen and oxygen atoms in total. The van der Waals surface area contributed by atoms with Crippen LogP contribution >= 0.6 is 0 Å². The van der Waals surface area contributed by atoms with Crippen molar-refractivity contribution in [3.8, 4) is 5.75 Å². The van der Waals surface area contributed by atoms with E-state index >= 15 is 0 Å². The third-order valence-electron chi connectivity index (χ3n) is 3.26. The quantitative estimate of drug-likeness (QED) is 0.800. The maximum atomic E-state index is 12.1. The van der Waals surface area contributed by atoms with E-state index in [0.717, 1.165) is 28.7 Å². The Kier molecular flexibility index (Phi) is 5.58. The van der Waals surface area contributed by atoms with Gasteiger partial charge >= 0.3 is 6.09 Å². The van der Waals surface area contributed by atoms with Crippen LogP contribution in [0, 0.1) is 13.8 Å². The topological polar surface area (TPSA) is 55.8 Å². The van der Waals surface area contributed by atoms with Gasteiger partial charge in [-0.05, 0) is 63.4 Å². The molecule has 0 radical (unpaired) electrons. The van der Waals surface area contributed by atoms with Crippen LogP contribution in [0.4, 0.5) is 4.79 Å². The van der Waals surface area contributed by atoms with E-state index in [2.05, 4.69) is 0 Å². The first-order chi connectivity index (χ1) is 10.1. The third-order valence-corrected chi connectivity index (χ3v) is 3.26. The van der Waals surface area contributed by atoms with E-state index in [9.17, 15) is 9.59 Å². The van der Waals surface area contributed by atoms with E-state index in [4.69, 9.17) is 9.47 Å². The highest BCUT2D eigenvalue weighted by atomic mass is 16.6. The highest BCUT2D eigenvalue weighted by Gasteiger charge is 2.26. The van der Waals surface area contributed by atoms with Gasteiger partial charge in [0.2, 0.25) is 0 Å². The Morgan fingerprint density at radius 1 is 1.23 bits per heavy atom. The van der Waals surface area contributed by atoms with Crippen LogP contribution in [0.2, 0.25) is 0 Å². The Balaban J connectivity index is 3.11. The fourth-order valence-corrected chi connectivity index (χ4v) is 2.32. The number of rotatable bonds is 4. The van der Waals surface area contributed by atoms with Crippen molar-refractivity contribution >= 4 is 12.4 Å². The summed E-state index contributed by atoms with van der Waals surface area (Å²) < 4.78 is 10.6. The van der Waals surface area contributed by atoms with E-state index in [-0.39, 0.29) is 0 Å². The summed E-state index contributed by atoms with van der Waals surface area (Å²) in [5, 5.41) is 0. The van der Waals surface area contributed by atoms with Crippen LogP contribution in [-0.2, 0) is 9.53 Å². The highest BCUT2D eigenvalue weighted by Crippen LogP contribution is 2.29. The molecule has 122 valence electrons. The van der Waals surface area contributed by atoms with Crippen LogP contribution in [0.25, 0.3) is 0 Å². The number of methoxy groups -OCH3 is 1. The first-order valence-electron chi connectivity index (χ1n) is 7.17. The SMILES string of the molecule is COc1c(C)cc(C(C=O)N(C)C(=O)OC(C)(C)C)cc1C. The van der Waals surface area contributed by atoms with E-state index in [1.165, 1.54) is 4.90 Å². The molecule has 0 saturated carbocycles. The normalized spacial score (nSPS) is 12.5. The van der Waals surface area contributed by atoms with Gasteiger partial charge in [0, 0.05) is 7.05 Å². The number of likely N-dealkylation sites (N-methyl/N-ethyl adjacent to an activating group) is 1. The van der Waals surface area contributed by atoms with Gasteiger partial charge in [-0.2, -0.15) is 0 Å². The van der Waals surface area contributed by atoms with Gasteiger partial charge in [0.05, 0.1) is 7.11 Å². The molecule has 0 saturated heterocycles. The number of hydrogen-bond donors (Lipinski definition) is 0. The zero-order chi connectivity index (χ0) is 17.1. The van der Waals surface area contributed by atoms with Gasteiger partial charge in [0.1, 0.15) is 23.7 Å². The lowest BCUT2D eigenvalue weighted by Crippen LogP contribution is -2.37. The minimum Gasteiger partial charge on any atom is -0.496 e. The van der Waals surface area contributed by atoms with Crippen molar-refractivity contribution in [1.82, 2.24) is 4.90 Å². The maximum Gasteiger partial charge on any atom is 0.410 e. The van der Waals surface area contributed by atoms with Gasteiger partial charge in [-0.3, -0.25) is 4.90 Å². The van der Waals surface area contributed by atoms with E-state index in [0.29, 0.717) is 0 Å². The summed E-state index contributed by atoms with van der Waals surface area (Å²) in [6.45, 7) is 9.18. The number of carbonyl (C=O) groups excluding carboxylic acids is 2. The van der Waals surface area contributed by atoms with E-state index in [1.807, 2.05) is 26.0 Å². The zero-order valence-electron chi connectivity index (χ0n) is 14.4. The fourth-order valence-electron chi connectivity index (χ4n) is 2.32. The highest BCUT2D eigenvalue weighted by molar-refractivity contribution is 5.75. The number of aldehydes is 1. The monoisotopic (exact) mass is 307 g/mol. The Bertz CT molecular complexity index is 537. The van der Waals surface area contributed by atoms with Crippen molar-refractivity contribution in [2.24, 2.45) is 0 Å². The Morgan fingerprint density at radius 2 is 1.73 bits per heavy atom. The third kappa shape index (κ3) is 4.23. The van der Waals surface area contributed by atoms with Gasteiger partial charge < -0.3 is 14.3 Å². The lowest BCUT2D eigenvalue weighted by atomic mass is 10.00. The minimum absolute atomic E-state index is 0.532. The fraction of sp³-hybridized carbons (Fsp3) is 0.529. The summed E-state index contributed by atoms with van der Waals surface area (Å²) >= 11 is 0. The van der Waals surface area contributed by atoms with Crippen molar-refractivity contribution < 1.29 is 19.1 Å². The molecule has 0 aromatic heterocycles. The first-order valence-corrected chi connectivity index (χ1v) is 7.17. The van der Waals surface area contributed by atoms with Gasteiger partial charge in [-0.1, -0.05) is 0 Å². The number of ether oxygens (including phenoxy) is 2. The predicted molar refractivity (Wildman–Crippen MR) is 85.3 cm³/mol. The summed E-state index contributed by atoms with van der Waals surface area (Å²) in [6.07, 6.45) is 0.209. The van der Waals surface area contributed by atoms with Crippen molar-refractivity contribution in [2.75, 3.05) is 14.2 Å². The Morgan fingerprint density at radius 3 is 2.09 bits per heavy atom.